The van der Waals surface area contributed by atoms with Crippen molar-refractivity contribution < 1.29 is 19.2 Å². The van der Waals surface area contributed by atoms with Gasteiger partial charge < -0.3 is 10.1 Å². The molecule has 0 saturated carbocycles. The van der Waals surface area contributed by atoms with Crippen molar-refractivity contribution in [2.24, 2.45) is 0 Å². The first kappa shape index (κ1) is 9.94. The van der Waals surface area contributed by atoms with Crippen LogP contribution in [0.2, 0.25) is 0 Å². The van der Waals surface area contributed by atoms with E-state index >= 15 is 0 Å². The summed E-state index contributed by atoms with van der Waals surface area (Å²) in [6.07, 6.45) is -0.340. The number of hydroxylamine groups is 1. The van der Waals surface area contributed by atoms with Gasteiger partial charge in [-0.25, -0.2) is 5.48 Å². The molecule has 0 radical (unpaired) electrons. The maximum absolute atomic E-state index is 11.2. The monoisotopic (exact) mass is 188 g/mol. The van der Waals surface area contributed by atoms with E-state index in [4.69, 9.17) is 4.74 Å². The van der Waals surface area contributed by atoms with Gasteiger partial charge in [-0.1, -0.05) is 0 Å². The molecular weight excluding hydrogens is 176 g/mol. The molecule has 0 aliphatic carbocycles. The molecule has 1 fully saturated rings. The van der Waals surface area contributed by atoms with Gasteiger partial charge in [0.25, 0.3) is 5.91 Å². The molecule has 0 spiro atoms. The van der Waals surface area contributed by atoms with Gasteiger partial charge in [-0.15, -0.1) is 0 Å². The number of ether oxygens (including phenoxy) is 1. The minimum Gasteiger partial charge on any atom is -0.366 e. The molecule has 13 heavy (non-hydrogen) atoms. The third kappa shape index (κ3) is 2.40. The summed E-state index contributed by atoms with van der Waals surface area (Å²) in [5.74, 6) is -0.711. The zero-order chi connectivity index (χ0) is 9.84. The van der Waals surface area contributed by atoms with Crippen LogP contribution in [-0.4, -0.2) is 37.7 Å². The Morgan fingerprint density at radius 3 is 3.08 bits per heavy atom. The molecule has 0 aromatic heterocycles. The minimum absolute atomic E-state index is 0.00205. The molecule has 0 aromatic carbocycles. The van der Waals surface area contributed by atoms with Crippen LogP contribution in [0.3, 0.4) is 0 Å². The van der Waals surface area contributed by atoms with E-state index in [1.165, 1.54) is 7.11 Å². The predicted molar refractivity (Wildman–Crippen MR) is 42.5 cm³/mol. The molecule has 0 bridgehead atoms. The zero-order valence-electron chi connectivity index (χ0n) is 7.49. The van der Waals surface area contributed by atoms with Crippen molar-refractivity contribution in [3.8, 4) is 0 Å². The summed E-state index contributed by atoms with van der Waals surface area (Å²) in [5.41, 5.74) is 2.13. The Morgan fingerprint density at radius 2 is 2.46 bits per heavy atom. The number of nitrogens with one attached hydrogen (secondary N) is 2. The first-order chi connectivity index (χ1) is 6.15. The van der Waals surface area contributed by atoms with E-state index in [0.29, 0.717) is 0 Å². The van der Waals surface area contributed by atoms with Crippen LogP contribution in [0, 0.1) is 0 Å². The van der Waals surface area contributed by atoms with Crippen LogP contribution >= 0.6 is 0 Å². The van der Waals surface area contributed by atoms with Crippen LogP contribution in [-0.2, 0) is 19.2 Å². The Labute approximate surface area is 75.5 Å². The number of carbonyl (C=O) groups excluding carboxylic acids is 2. The Bertz CT molecular complexity index is 219. The van der Waals surface area contributed by atoms with Crippen LogP contribution in [0.1, 0.15) is 6.92 Å². The second-order valence-corrected chi connectivity index (χ2v) is 2.73. The lowest BCUT2D eigenvalue weighted by Crippen LogP contribution is -2.57. The number of amides is 2. The number of hydrogen-bond acceptors (Lipinski definition) is 4. The van der Waals surface area contributed by atoms with Crippen LogP contribution in [0.25, 0.3) is 0 Å². The normalized spacial score (nSPS) is 28.0. The van der Waals surface area contributed by atoms with E-state index in [9.17, 15) is 9.59 Å². The molecule has 74 valence electrons. The highest BCUT2D eigenvalue weighted by Crippen LogP contribution is 2.04. The summed E-state index contributed by atoms with van der Waals surface area (Å²) in [6, 6.07) is -0.679. The molecule has 1 aliphatic rings. The summed E-state index contributed by atoms with van der Waals surface area (Å²) in [4.78, 5) is 26.5. The summed E-state index contributed by atoms with van der Waals surface area (Å²) in [6.45, 7) is 1.71. The van der Waals surface area contributed by atoms with Gasteiger partial charge in [0.05, 0.1) is 13.2 Å². The van der Waals surface area contributed by atoms with E-state index in [1.807, 2.05) is 0 Å². The maximum atomic E-state index is 11.2. The van der Waals surface area contributed by atoms with E-state index < -0.39 is 11.9 Å². The van der Waals surface area contributed by atoms with Gasteiger partial charge in [0, 0.05) is 0 Å². The molecule has 2 atom stereocenters. The minimum atomic E-state index is -0.679. The highest BCUT2D eigenvalue weighted by Gasteiger charge is 2.31. The van der Waals surface area contributed by atoms with Crippen LogP contribution < -0.4 is 10.8 Å². The van der Waals surface area contributed by atoms with Crippen LogP contribution in [0.15, 0.2) is 0 Å². The number of morpholine rings is 1. The largest absolute Gasteiger partial charge is 0.366 e. The van der Waals surface area contributed by atoms with Crippen molar-refractivity contribution in [1.82, 2.24) is 10.8 Å². The fourth-order valence-corrected chi connectivity index (χ4v) is 1.08. The Hall–Kier alpha value is -1.14. The SMILES string of the molecule is CONC(=O)[C@H]1NC(=O)CO[C@@H]1C. The summed E-state index contributed by atoms with van der Waals surface area (Å²) in [7, 11) is 1.33. The lowest BCUT2D eigenvalue weighted by atomic mass is 10.1. The second-order valence-electron chi connectivity index (χ2n) is 2.73. The van der Waals surface area contributed by atoms with Gasteiger partial charge in [0.15, 0.2) is 0 Å². The van der Waals surface area contributed by atoms with E-state index in [0.717, 1.165) is 0 Å². The van der Waals surface area contributed by atoms with Crippen molar-refractivity contribution in [2.45, 2.75) is 19.1 Å². The van der Waals surface area contributed by atoms with Crippen molar-refractivity contribution in [3.63, 3.8) is 0 Å². The standard InChI is InChI=1S/C7H12N2O4/c1-4-6(7(11)9-12-2)8-5(10)3-13-4/h4,6H,3H2,1-2H3,(H,8,10)(H,9,11)/t4-,6+/m1/s1. The molecular formula is C7H12N2O4. The third-order valence-electron chi connectivity index (χ3n) is 1.75. The molecule has 1 saturated heterocycles. The fraction of sp³-hybridized carbons (Fsp3) is 0.714. The first-order valence-corrected chi connectivity index (χ1v) is 3.89. The van der Waals surface area contributed by atoms with E-state index in [2.05, 4.69) is 15.6 Å². The molecule has 1 rings (SSSR count). The first-order valence-electron chi connectivity index (χ1n) is 3.89. The average molecular weight is 188 g/mol. The van der Waals surface area contributed by atoms with Gasteiger partial charge in [-0.3, -0.25) is 14.4 Å². The van der Waals surface area contributed by atoms with E-state index in [1.54, 1.807) is 6.92 Å². The highest BCUT2D eigenvalue weighted by molar-refractivity contribution is 5.88. The zero-order valence-corrected chi connectivity index (χ0v) is 7.49. The third-order valence-corrected chi connectivity index (χ3v) is 1.75. The van der Waals surface area contributed by atoms with Crippen molar-refractivity contribution >= 4 is 11.8 Å². The number of carbonyl (C=O) groups is 2. The predicted octanol–water partition coefficient (Wildman–Crippen LogP) is -1.43. The van der Waals surface area contributed by atoms with Crippen molar-refractivity contribution in [3.05, 3.63) is 0 Å². The molecule has 6 heteroatoms. The molecule has 6 nitrogen and oxygen atoms in total. The Morgan fingerprint density at radius 1 is 1.77 bits per heavy atom. The number of rotatable bonds is 2. The molecule has 1 heterocycles. The summed E-state index contributed by atoms with van der Waals surface area (Å²) >= 11 is 0. The molecule has 2 amide bonds. The topological polar surface area (TPSA) is 76.7 Å². The second kappa shape index (κ2) is 4.20. The molecule has 1 aliphatic heterocycles. The lowest BCUT2D eigenvalue weighted by Gasteiger charge is -2.28. The van der Waals surface area contributed by atoms with Crippen molar-refractivity contribution in [1.29, 1.82) is 0 Å². The van der Waals surface area contributed by atoms with Gasteiger partial charge in [-0.2, -0.15) is 0 Å². The molecule has 0 unspecified atom stereocenters. The summed E-state index contributed by atoms with van der Waals surface area (Å²) < 4.78 is 5.04. The molecule has 2 N–H and O–H groups in total. The maximum Gasteiger partial charge on any atom is 0.268 e. The van der Waals surface area contributed by atoms with Gasteiger partial charge in [0.2, 0.25) is 5.91 Å². The van der Waals surface area contributed by atoms with Gasteiger partial charge in [-0.05, 0) is 6.92 Å². The molecule has 0 aromatic rings. The van der Waals surface area contributed by atoms with Crippen molar-refractivity contribution in [2.75, 3.05) is 13.7 Å². The van der Waals surface area contributed by atoms with Crippen LogP contribution in [0.4, 0.5) is 0 Å². The van der Waals surface area contributed by atoms with E-state index in [-0.39, 0.29) is 18.6 Å². The van der Waals surface area contributed by atoms with Crippen LogP contribution in [0.5, 0.6) is 0 Å². The average Bonchev–Trinajstić information content (AvgIpc) is 2.09. The van der Waals surface area contributed by atoms with Gasteiger partial charge >= 0.3 is 0 Å². The fourth-order valence-electron chi connectivity index (χ4n) is 1.08. The summed E-state index contributed by atoms with van der Waals surface area (Å²) in [5, 5.41) is 2.49. The smallest absolute Gasteiger partial charge is 0.268 e. The quantitative estimate of drug-likeness (QED) is 0.521. The lowest BCUT2D eigenvalue weighted by molar-refractivity contribution is -0.149. The number of hydrogen-bond donors (Lipinski definition) is 2. The Balaban J connectivity index is 2.54. The van der Waals surface area contributed by atoms with Gasteiger partial charge in [0.1, 0.15) is 12.6 Å². The highest BCUT2D eigenvalue weighted by atomic mass is 16.6. The Kier molecular flexibility index (Phi) is 3.21.